The van der Waals surface area contributed by atoms with Crippen molar-refractivity contribution in [2.75, 3.05) is 5.75 Å². The molecule has 0 bridgehead atoms. The summed E-state index contributed by atoms with van der Waals surface area (Å²) in [6.07, 6.45) is 5.71. The molecule has 152 valence electrons. The van der Waals surface area contributed by atoms with Gasteiger partial charge in [-0.05, 0) is 22.6 Å². The highest BCUT2D eigenvalue weighted by Gasteiger charge is 2.39. The van der Waals surface area contributed by atoms with Crippen LogP contribution < -0.4 is 9.46 Å². The van der Waals surface area contributed by atoms with E-state index in [9.17, 15) is 12.6 Å². The zero-order chi connectivity index (χ0) is 20.3. The van der Waals surface area contributed by atoms with Crippen molar-refractivity contribution >= 4 is 44.1 Å². The highest BCUT2D eigenvalue weighted by Crippen LogP contribution is 2.36. The number of rotatable bonds is 9. The van der Waals surface area contributed by atoms with Crippen LogP contribution in [0.1, 0.15) is 51.1 Å². The summed E-state index contributed by atoms with van der Waals surface area (Å²) < 4.78 is 43.8. The maximum absolute atomic E-state index is 11.9. The number of pyridine rings is 2. The monoisotopic (exact) mass is 444 g/mol. The Balaban J connectivity index is 1.89. The van der Waals surface area contributed by atoms with Gasteiger partial charge >= 0.3 is 11.9 Å². The first-order valence-corrected chi connectivity index (χ1v) is 12.1. The van der Waals surface area contributed by atoms with Crippen LogP contribution in [0.4, 0.5) is 0 Å². The Kier molecular flexibility index (Phi) is 6.80. The molecule has 0 aromatic carbocycles. The Morgan fingerprint density at radius 2 is 2.04 bits per heavy atom. The van der Waals surface area contributed by atoms with E-state index in [0.717, 1.165) is 23.8 Å². The summed E-state index contributed by atoms with van der Waals surface area (Å²) in [5.74, 6) is 0.553. The number of nitrogens with zero attached hydrogens (tertiary/aromatic N) is 2. The lowest BCUT2D eigenvalue weighted by atomic mass is 9.95. The predicted molar refractivity (Wildman–Crippen MR) is 110 cm³/mol. The molecule has 0 unspecified atom stereocenters. The second-order valence-corrected chi connectivity index (χ2v) is 10.3. The molecule has 1 fully saturated rings. The molecule has 1 atom stereocenters. The van der Waals surface area contributed by atoms with Crippen LogP contribution in [0.25, 0.3) is 10.8 Å². The van der Waals surface area contributed by atoms with E-state index in [1.165, 1.54) is 0 Å². The van der Waals surface area contributed by atoms with Crippen molar-refractivity contribution in [3.05, 3.63) is 29.2 Å². The third-order valence-corrected chi connectivity index (χ3v) is 7.91. The van der Waals surface area contributed by atoms with E-state index in [-0.39, 0.29) is 23.1 Å². The van der Waals surface area contributed by atoms with Gasteiger partial charge in [0, 0.05) is 36.6 Å². The van der Waals surface area contributed by atoms with Gasteiger partial charge < -0.3 is 4.74 Å². The minimum absolute atomic E-state index is 0.145. The minimum atomic E-state index is -3.04. The fourth-order valence-electron chi connectivity index (χ4n) is 3.40. The van der Waals surface area contributed by atoms with Gasteiger partial charge in [0.1, 0.15) is 11.3 Å². The topological polar surface area (TPSA) is 98.2 Å². The Hall–Kier alpha value is -1.42. The fourth-order valence-corrected chi connectivity index (χ4v) is 5.41. The first-order valence-electron chi connectivity index (χ1n) is 9.26. The molecule has 10 heteroatoms. The SMILES string of the molecule is CCC[C@H](N[S+]=O)c1cnc(OC2CC(S(=O)(=O)CC)C2)c2cnc(Cl)cc12. The first kappa shape index (κ1) is 21.3. The molecule has 0 radical (unpaired) electrons. The van der Waals surface area contributed by atoms with Crippen LogP contribution in [-0.4, -0.2) is 35.5 Å². The Labute approximate surface area is 173 Å². The molecule has 0 amide bonds. The van der Waals surface area contributed by atoms with Gasteiger partial charge in [0.2, 0.25) is 5.88 Å². The highest BCUT2D eigenvalue weighted by molar-refractivity contribution is 7.92. The van der Waals surface area contributed by atoms with Crippen LogP contribution in [0, 0.1) is 0 Å². The van der Waals surface area contributed by atoms with Gasteiger partial charge in [-0.25, -0.2) is 18.4 Å². The van der Waals surface area contributed by atoms with Crippen molar-refractivity contribution in [1.29, 1.82) is 0 Å². The van der Waals surface area contributed by atoms with Crippen molar-refractivity contribution in [2.24, 2.45) is 0 Å². The summed E-state index contributed by atoms with van der Waals surface area (Å²) in [6, 6.07) is 1.57. The van der Waals surface area contributed by atoms with Gasteiger partial charge in [0.25, 0.3) is 0 Å². The molecule has 1 saturated carbocycles. The van der Waals surface area contributed by atoms with Gasteiger partial charge in [-0.2, -0.15) is 0 Å². The largest absolute Gasteiger partial charge is 0.588 e. The Bertz CT molecular complexity index is 965. The molecule has 0 aliphatic heterocycles. The van der Waals surface area contributed by atoms with E-state index in [2.05, 4.69) is 14.7 Å². The fraction of sp³-hybridized carbons (Fsp3) is 0.556. The molecule has 2 aromatic heterocycles. The molecule has 0 saturated heterocycles. The molecule has 1 aliphatic rings. The Morgan fingerprint density at radius 1 is 1.29 bits per heavy atom. The highest BCUT2D eigenvalue weighted by atomic mass is 35.5. The first-order chi connectivity index (χ1) is 13.4. The van der Waals surface area contributed by atoms with Gasteiger partial charge in [-0.15, -0.1) is 0 Å². The number of fused-ring (bicyclic) bond motifs is 1. The number of hydrogen-bond acceptors (Lipinski definition) is 6. The van der Waals surface area contributed by atoms with Crippen LogP contribution in [0.15, 0.2) is 18.5 Å². The molecule has 0 spiro atoms. The summed E-state index contributed by atoms with van der Waals surface area (Å²) in [5, 5.41) is 1.52. The van der Waals surface area contributed by atoms with Crippen molar-refractivity contribution in [1.82, 2.24) is 14.7 Å². The second kappa shape index (κ2) is 8.94. The lowest BCUT2D eigenvalue weighted by Gasteiger charge is -2.34. The van der Waals surface area contributed by atoms with E-state index in [1.54, 1.807) is 25.4 Å². The maximum atomic E-state index is 11.9. The molecule has 1 N–H and O–H groups in total. The average Bonchev–Trinajstić information content (AvgIpc) is 2.63. The summed E-state index contributed by atoms with van der Waals surface area (Å²) in [4.78, 5) is 8.59. The maximum Gasteiger partial charge on any atom is 0.588 e. The van der Waals surface area contributed by atoms with Crippen LogP contribution in [0.5, 0.6) is 5.88 Å². The van der Waals surface area contributed by atoms with Crippen LogP contribution in [0.3, 0.4) is 0 Å². The smallest absolute Gasteiger partial charge is 0.474 e. The number of nitrogens with one attached hydrogen (secondary N) is 1. The van der Waals surface area contributed by atoms with E-state index >= 15 is 0 Å². The molecular weight excluding hydrogens is 422 g/mol. The minimum Gasteiger partial charge on any atom is -0.474 e. The van der Waals surface area contributed by atoms with E-state index in [1.807, 2.05) is 6.92 Å². The molecule has 28 heavy (non-hydrogen) atoms. The molecule has 7 nitrogen and oxygen atoms in total. The zero-order valence-electron chi connectivity index (χ0n) is 15.7. The van der Waals surface area contributed by atoms with Crippen molar-refractivity contribution in [3.63, 3.8) is 0 Å². The van der Waals surface area contributed by atoms with Crippen molar-refractivity contribution < 1.29 is 17.4 Å². The number of halogens is 1. The number of aromatic nitrogens is 2. The van der Waals surface area contributed by atoms with Gasteiger partial charge in [0.15, 0.2) is 9.84 Å². The lowest BCUT2D eigenvalue weighted by Crippen LogP contribution is -2.43. The Morgan fingerprint density at radius 3 is 2.68 bits per heavy atom. The van der Waals surface area contributed by atoms with Crippen molar-refractivity contribution in [3.8, 4) is 5.88 Å². The van der Waals surface area contributed by atoms with Crippen LogP contribution in [0.2, 0.25) is 5.15 Å². The number of hydrogen-bond donors (Lipinski definition) is 1. The molecule has 2 heterocycles. The van der Waals surface area contributed by atoms with Crippen LogP contribution >= 0.6 is 11.6 Å². The quantitative estimate of drug-likeness (QED) is 0.361. The standard InChI is InChI=1S/C18H23ClN3O4S2/c1-3-5-16(22-27-23)14-9-21-18(15-10-20-17(19)8-13(14)15)26-11-6-12(7-11)28(24,25)4-2/h8-12,16H,3-7H2,1-2H3,(H,22,23)/q+1/t11?,12?,16-/m0/s1. The molecule has 1 aliphatic carbocycles. The van der Waals surface area contributed by atoms with E-state index < -0.39 is 9.84 Å². The third-order valence-electron chi connectivity index (χ3n) is 5.12. The van der Waals surface area contributed by atoms with E-state index in [4.69, 9.17) is 16.3 Å². The molecular formula is C18H23ClN3O4S2+. The summed E-state index contributed by atoms with van der Waals surface area (Å²) in [5.41, 5.74) is 0.858. The van der Waals surface area contributed by atoms with E-state index in [0.29, 0.717) is 41.1 Å². The normalized spacial score (nSPS) is 20.5. The lowest BCUT2D eigenvalue weighted by molar-refractivity contribution is 0.119. The summed E-state index contributed by atoms with van der Waals surface area (Å²) >= 11 is 6.43. The number of ether oxygens (including phenoxy) is 1. The molecule has 3 rings (SSSR count). The number of sulfone groups is 1. The van der Waals surface area contributed by atoms with Crippen LogP contribution in [-0.2, 0) is 25.9 Å². The van der Waals surface area contributed by atoms with Gasteiger partial charge in [-0.3, -0.25) is 0 Å². The third kappa shape index (κ3) is 4.42. The predicted octanol–water partition coefficient (Wildman–Crippen LogP) is 3.40. The summed E-state index contributed by atoms with van der Waals surface area (Å²) in [6.45, 7) is 3.71. The van der Waals surface area contributed by atoms with Crippen molar-refractivity contribution in [2.45, 2.75) is 56.9 Å². The average molecular weight is 445 g/mol. The van der Waals surface area contributed by atoms with Gasteiger partial charge in [0.05, 0.1) is 20.9 Å². The second-order valence-electron chi connectivity index (χ2n) is 6.90. The van der Waals surface area contributed by atoms with Gasteiger partial charge in [-0.1, -0.05) is 31.9 Å². The zero-order valence-corrected chi connectivity index (χ0v) is 18.1. The summed E-state index contributed by atoms with van der Waals surface area (Å²) in [7, 11) is -3.04. The molecule has 2 aromatic rings.